The van der Waals surface area contributed by atoms with E-state index in [9.17, 15) is 4.79 Å². The van der Waals surface area contributed by atoms with Crippen molar-refractivity contribution < 1.29 is 4.79 Å². The number of nitrogens with one attached hydrogen (secondary N) is 2. The van der Waals surface area contributed by atoms with Crippen molar-refractivity contribution >= 4 is 27.5 Å². The molecule has 5 heteroatoms. The lowest BCUT2D eigenvalue weighted by Crippen LogP contribution is -2.44. The van der Waals surface area contributed by atoms with Crippen LogP contribution in [0, 0.1) is 11.3 Å². The first-order valence-corrected chi connectivity index (χ1v) is 7.43. The molecule has 1 amide bonds. The number of nitrogens with zero attached hydrogens (tertiary/aromatic N) is 1. The highest BCUT2D eigenvalue weighted by atomic mass is 79.9. The van der Waals surface area contributed by atoms with Gasteiger partial charge in [0.1, 0.15) is 0 Å². The molecule has 0 bridgehead atoms. The smallest absolute Gasteiger partial charge is 0.230 e. The molecule has 1 aliphatic heterocycles. The number of pyridine rings is 1. The van der Waals surface area contributed by atoms with Gasteiger partial charge in [0, 0.05) is 17.8 Å². The van der Waals surface area contributed by atoms with Crippen molar-refractivity contribution in [1.29, 1.82) is 0 Å². The highest BCUT2D eigenvalue weighted by Crippen LogP contribution is 2.33. The van der Waals surface area contributed by atoms with Gasteiger partial charge in [-0.15, -0.1) is 0 Å². The Labute approximate surface area is 122 Å². The van der Waals surface area contributed by atoms with E-state index in [1.54, 1.807) is 18.5 Å². The lowest BCUT2D eigenvalue weighted by atomic mass is 9.74. The van der Waals surface area contributed by atoms with Crippen molar-refractivity contribution in [2.45, 2.75) is 26.7 Å². The van der Waals surface area contributed by atoms with Crippen LogP contribution < -0.4 is 10.6 Å². The van der Waals surface area contributed by atoms with Gasteiger partial charge in [-0.25, -0.2) is 0 Å². The fraction of sp³-hybridized carbons (Fsp3) is 0.571. The Morgan fingerprint density at radius 2 is 2.37 bits per heavy atom. The maximum Gasteiger partial charge on any atom is 0.230 e. The lowest BCUT2D eigenvalue weighted by molar-refractivity contribution is -0.127. The molecule has 1 unspecified atom stereocenters. The van der Waals surface area contributed by atoms with Crippen LogP contribution in [0.2, 0.25) is 0 Å². The second-order valence-corrected chi connectivity index (χ2v) is 6.43. The summed E-state index contributed by atoms with van der Waals surface area (Å²) in [5.74, 6) is 0.440. The van der Waals surface area contributed by atoms with Gasteiger partial charge in [-0.1, -0.05) is 13.8 Å². The summed E-state index contributed by atoms with van der Waals surface area (Å²) in [6.07, 6.45) is 5.60. The predicted molar refractivity (Wildman–Crippen MR) is 79.9 cm³/mol. The van der Waals surface area contributed by atoms with Crippen molar-refractivity contribution in [3.05, 3.63) is 22.9 Å². The third-order valence-electron chi connectivity index (χ3n) is 3.92. The van der Waals surface area contributed by atoms with Gasteiger partial charge in [-0.05, 0) is 53.8 Å². The van der Waals surface area contributed by atoms with Crippen LogP contribution in [0.5, 0.6) is 0 Å². The number of halogens is 1. The number of hydrogen-bond acceptors (Lipinski definition) is 3. The van der Waals surface area contributed by atoms with E-state index in [4.69, 9.17) is 0 Å². The molecule has 0 aliphatic carbocycles. The maximum absolute atomic E-state index is 12.5. The van der Waals surface area contributed by atoms with Crippen molar-refractivity contribution in [2.75, 3.05) is 18.4 Å². The first-order valence-electron chi connectivity index (χ1n) is 6.63. The van der Waals surface area contributed by atoms with Crippen LogP contribution in [-0.2, 0) is 4.79 Å². The largest absolute Gasteiger partial charge is 0.324 e. The number of carbonyl (C=O) groups excluding carboxylic acids is 1. The van der Waals surface area contributed by atoms with Crippen LogP contribution in [0.15, 0.2) is 22.9 Å². The van der Waals surface area contributed by atoms with Gasteiger partial charge in [0.05, 0.1) is 10.2 Å². The molecule has 2 N–H and O–H groups in total. The minimum absolute atomic E-state index is 0.0631. The van der Waals surface area contributed by atoms with Crippen molar-refractivity contribution in [3.8, 4) is 0 Å². The van der Waals surface area contributed by atoms with Crippen LogP contribution in [0.4, 0.5) is 5.69 Å². The van der Waals surface area contributed by atoms with Gasteiger partial charge in [0.2, 0.25) is 5.91 Å². The Hall–Kier alpha value is -0.940. The molecule has 1 fully saturated rings. The average Bonchev–Trinajstić information content (AvgIpc) is 2.42. The van der Waals surface area contributed by atoms with Gasteiger partial charge in [0.15, 0.2) is 0 Å². The first kappa shape index (κ1) is 14.5. The predicted octanol–water partition coefficient (Wildman–Crippen LogP) is 2.81. The summed E-state index contributed by atoms with van der Waals surface area (Å²) in [7, 11) is 0. The maximum atomic E-state index is 12.5. The number of carbonyl (C=O) groups is 1. The molecule has 1 atom stereocenters. The Bertz CT molecular complexity index is 456. The number of amides is 1. The van der Waals surface area contributed by atoms with Crippen LogP contribution >= 0.6 is 15.9 Å². The summed E-state index contributed by atoms with van der Waals surface area (Å²) >= 11 is 3.40. The number of hydrogen-bond donors (Lipinski definition) is 2. The SMILES string of the molecule is CC(C)(C(=O)Nc1ccncc1Br)C1CCCNC1. The second kappa shape index (κ2) is 6.01. The van der Waals surface area contributed by atoms with Gasteiger partial charge in [-0.3, -0.25) is 9.78 Å². The number of piperidine rings is 1. The van der Waals surface area contributed by atoms with Gasteiger partial charge in [-0.2, -0.15) is 0 Å². The molecule has 0 radical (unpaired) electrons. The van der Waals surface area contributed by atoms with Gasteiger partial charge < -0.3 is 10.6 Å². The summed E-state index contributed by atoms with van der Waals surface area (Å²) in [4.78, 5) is 16.5. The van der Waals surface area contributed by atoms with Crippen LogP contribution in [-0.4, -0.2) is 24.0 Å². The molecular formula is C14H20BrN3O. The molecular weight excluding hydrogens is 306 g/mol. The Morgan fingerprint density at radius 1 is 1.58 bits per heavy atom. The molecule has 1 saturated heterocycles. The average molecular weight is 326 g/mol. The monoisotopic (exact) mass is 325 g/mol. The molecule has 104 valence electrons. The zero-order valence-electron chi connectivity index (χ0n) is 11.4. The van der Waals surface area contributed by atoms with Gasteiger partial charge in [0.25, 0.3) is 0 Å². The fourth-order valence-electron chi connectivity index (χ4n) is 2.41. The molecule has 1 aromatic heterocycles. The van der Waals surface area contributed by atoms with E-state index in [1.165, 1.54) is 0 Å². The van der Waals surface area contributed by atoms with E-state index in [0.717, 1.165) is 36.1 Å². The summed E-state index contributed by atoms with van der Waals surface area (Å²) in [6, 6.07) is 1.80. The Balaban J connectivity index is 2.08. The van der Waals surface area contributed by atoms with Crippen LogP contribution in [0.1, 0.15) is 26.7 Å². The molecule has 0 aromatic carbocycles. The van der Waals surface area contributed by atoms with Crippen LogP contribution in [0.25, 0.3) is 0 Å². The zero-order chi connectivity index (χ0) is 13.9. The summed E-state index contributed by atoms with van der Waals surface area (Å²) in [5, 5.41) is 6.37. The fourth-order valence-corrected chi connectivity index (χ4v) is 2.76. The minimum atomic E-state index is -0.379. The second-order valence-electron chi connectivity index (χ2n) is 5.57. The topological polar surface area (TPSA) is 54.0 Å². The number of aromatic nitrogens is 1. The van der Waals surface area contributed by atoms with Crippen molar-refractivity contribution in [1.82, 2.24) is 10.3 Å². The summed E-state index contributed by atoms with van der Waals surface area (Å²) in [6.45, 7) is 6.02. The summed E-state index contributed by atoms with van der Waals surface area (Å²) < 4.78 is 0.806. The highest BCUT2D eigenvalue weighted by molar-refractivity contribution is 9.10. The molecule has 0 spiro atoms. The molecule has 19 heavy (non-hydrogen) atoms. The standard InChI is InChI=1S/C14H20BrN3O/c1-14(2,10-4-3-6-16-8-10)13(19)18-12-5-7-17-9-11(12)15/h5,7,9-10,16H,3-4,6,8H2,1-2H3,(H,17,18,19). The molecule has 0 saturated carbocycles. The third kappa shape index (κ3) is 3.34. The summed E-state index contributed by atoms with van der Waals surface area (Å²) in [5.41, 5.74) is 0.396. The van der Waals surface area contributed by atoms with E-state index in [2.05, 4.69) is 31.5 Å². The van der Waals surface area contributed by atoms with E-state index in [1.807, 2.05) is 13.8 Å². The normalized spacial score (nSPS) is 20.1. The number of rotatable bonds is 3. The van der Waals surface area contributed by atoms with Crippen molar-refractivity contribution in [3.63, 3.8) is 0 Å². The third-order valence-corrected chi connectivity index (χ3v) is 4.56. The Morgan fingerprint density at radius 3 is 3.00 bits per heavy atom. The van der Waals surface area contributed by atoms with E-state index >= 15 is 0 Å². The lowest BCUT2D eigenvalue weighted by Gasteiger charge is -2.36. The molecule has 2 rings (SSSR count). The van der Waals surface area contributed by atoms with Crippen LogP contribution in [0.3, 0.4) is 0 Å². The zero-order valence-corrected chi connectivity index (χ0v) is 13.0. The quantitative estimate of drug-likeness (QED) is 0.898. The minimum Gasteiger partial charge on any atom is -0.324 e. The van der Waals surface area contributed by atoms with E-state index in [0.29, 0.717) is 5.92 Å². The Kier molecular flexibility index (Phi) is 4.58. The van der Waals surface area contributed by atoms with E-state index < -0.39 is 0 Å². The van der Waals surface area contributed by atoms with Crippen molar-refractivity contribution in [2.24, 2.45) is 11.3 Å². The molecule has 2 heterocycles. The van der Waals surface area contributed by atoms with Gasteiger partial charge >= 0.3 is 0 Å². The first-order chi connectivity index (χ1) is 9.01. The molecule has 1 aliphatic rings. The highest BCUT2D eigenvalue weighted by Gasteiger charge is 2.37. The molecule has 1 aromatic rings. The van der Waals surface area contributed by atoms with E-state index in [-0.39, 0.29) is 11.3 Å². The molecule has 4 nitrogen and oxygen atoms in total. The number of anilines is 1.